The number of rotatable bonds is 2. The lowest BCUT2D eigenvalue weighted by Gasteiger charge is -2.33. The first-order valence-electron chi connectivity index (χ1n) is 9.15. The van der Waals surface area contributed by atoms with Crippen LogP contribution in [0.1, 0.15) is 37.9 Å². The fraction of sp³-hybridized carbons (Fsp3) is 0.318. The number of nitrogens with zero attached hydrogens (tertiary/aromatic N) is 2. The minimum Gasteiger partial charge on any atom is -0.483 e. The van der Waals surface area contributed by atoms with Crippen molar-refractivity contribution in [3.8, 4) is 5.75 Å². The Bertz CT molecular complexity index is 1000. The molecule has 1 aromatic heterocycles. The normalized spacial score (nSPS) is 19.4. The van der Waals surface area contributed by atoms with Crippen LogP contribution in [0.3, 0.4) is 0 Å². The van der Waals surface area contributed by atoms with Gasteiger partial charge in [0, 0.05) is 23.7 Å². The van der Waals surface area contributed by atoms with E-state index in [1.165, 1.54) is 12.1 Å². The fourth-order valence-corrected chi connectivity index (χ4v) is 3.91. The first-order valence-corrected chi connectivity index (χ1v) is 9.15. The molecule has 2 aromatic carbocycles. The zero-order valence-electron chi connectivity index (χ0n) is 15.7. The first-order chi connectivity index (χ1) is 12.9. The Morgan fingerprint density at radius 2 is 1.89 bits per heavy atom. The van der Waals surface area contributed by atoms with E-state index in [4.69, 9.17) is 4.74 Å². The molecule has 4 rings (SSSR count). The molecule has 1 aliphatic rings. The van der Waals surface area contributed by atoms with Crippen molar-refractivity contribution in [1.82, 2.24) is 9.88 Å². The molecule has 3 nitrogen and oxygen atoms in total. The van der Waals surface area contributed by atoms with Crippen LogP contribution in [0, 0.1) is 11.6 Å². The lowest BCUT2D eigenvalue weighted by atomic mass is 9.96. The number of aromatic nitrogens is 1. The van der Waals surface area contributed by atoms with Gasteiger partial charge in [-0.15, -0.1) is 0 Å². The van der Waals surface area contributed by atoms with Gasteiger partial charge in [-0.05, 0) is 44.2 Å². The van der Waals surface area contributed by atoms with Crippen LogP contribution in [0.5, 0.6) is 5.75 Å². The van der Waals surface area contributed by atoms with Crippen molar-refractivity contribution in [3.05, 3.63) is 71.4 Å². The fourth-order valence-electron chi connectivity index (χ4n) is 3.91. The summed E-state index contributed by atoms with van der Waals surface area (Å²) in [5.41, 5.74) is 1.45. The molecule has 1 unspecified atom stereocenters. The molecule has 1 atom stereocenters. The average Bonchev–Trinajstić information content (AvgIpc) is 2.75. The highest BCUT2D eigenvalue weighted by Crippen LogP contribution is 2.41. The summed E-state index contributed by atoms with van der Waals surface area (Å²) in [6, 6.07) is 11.6. The molecule has 3 aromatic rings. The van der Waals surface area contributed by atoms with Crippen LogP contribution in [0.4, 0.5) is 8.78 Å². The molecule has 0 fully saturated rings. The van der Waals surface area contributed by atoms with E-state index in [9.17, 15) is 8.78 Å². The van der Waals surface area contributed by atoms with Gasteiger partial charge >= 0.3 is 0 Å². The van der Waals surface area contributed by atoms with Gasteiger partial charge < -0.3 is 4.74 Å². The number of benzene rings is 2. The van der Waals surface area contributed by atoms with Crippen molar-refractivity contribution in [3.63, 3.8) is 0 Å². The SMILES string of the molecule is CCN1CC(C)(C)Oc2c(F)cccc2C1c1cnc2c(F)cccc2c1. The molecule has 27 heavy (non-hydrogen) atoms. The van der Waals surface area contributed by atoms with Crippen LogP contribution in [0.15, 0.2) is 48.7 Å². The number of fused-ring (bicyclic) bond motifs is 2. The standard InChI is InChI=1S/C22H22F2N2O/c1-4-26-13-22(2,3)27-21-16(8-6-10-18(21)24)20(26)15-11-14-7-5-9-17(23)19(14)25-12-15/h5-12,20H,4,13H2,1-3H3. The Morgan fingerprint density at radius 1 is 1.15 bits per heavy atom. The van der Waals surface area contributed by atoms with Gasteiger partial charge in [-0.2, -0.15) is 0 Å². The maximum absolute atomic E-state index is 14.6. The van der Waals surface area contributed by atoms with Gasteiger partial charge in [0.05, 0.1) is 6.04 Å². The maximum atomic E-state index is 14.6. The second-order valence-corrected chi connectivity index (χ2v) is 7.57. The highest BCUT2D eigenvalue weighted by molar-refractivity contribution is 5.79. The van der Waals surface area contributed by atoms with Crippen LogP contribution in [-0.4, -0.2) is 28.6 Å². The molecule has 0 amide bonds. The Morgan fingerprint density at radius 3 is 2.67 bits per heavy atom. The molecule has 2 heterocycles. The van der Waals surface area contributed by atoms with Gasteiger partial charge in [-0.3, -0.25) is 9.88 Å². The van der Waals surface area contributed by atoms with Gasteiger partial charge in [-0.1, -0.05) is 31.2 Å². The van der Waals surface area contributed by atoms with Crippen LogP contribution < -0.4 is 4.74 Å². The number of ether oxygens (including phenoxy) is 1. The van der Waals surface area contributed by atoms with Crippen molar-refractivity contribution in [2.75, 3.05) is 13.1 Å². The third-order valence-electron chi connectivity index (χ3n) is 5.02. The van der Waals surface area contributed by atoms with E-state index in [1.807, 2.05) is 32.0 Å². The third kappa shape index (κ3) is 3.16. The molecule has 0 radical (unpaired) electrons. The summed E-state index contributed by atoms with van der Waals surface area (Å²) in [5.74, 6) is -0.436. The molecular formula is C22H22F2N2O. The predicted octanol–water partition coefficient (Wildman–Crippen LogP) is 5.10. The Balaban J connectivity index is 1.93. The third-order valence-corrected chi connectivity index (χ3v) is 5.02. The first kappa shape index (κ1) is 17.9. The maximum Gasteiger partial charge on any atom is 0.165 e. The van der Waals surface area contributed by atoms with E-state index in [0.717, 1.165) is 23.1 Å². The molecule has 0 spiro atoms. The predicted molar refractivity (Wildman–Crippen MR) is 102 cm³/mol. The average molecular weight is 368 g/mol. The summed E-state index contributed by atoms with van der Waals surface area (Å²) >= 11 is 0. The number of hydrogen-bond acceptors (Lipinski definition) is 3. The van der Waals surface area contributed by atoms with Gasteiger partial charge in [0.25, 0.3) is 0 Å². The summed E-state index contributed by atoms with van der Waals surface area (Å²) in [5, 5.41) is 0.728. The molecule has 5 heteroatoms. The molecule has 140 valence electrons. The van der Waals surface area contributed by atoms with Crippen molar-refractivity contribution < 1.29 is 13.5 Å². The Kier molecular flexibility index (Phi) is 4.35. The summed E-state index contributed by atoms with van der Waals surface area (Å²) in [7, 11) is 0. The molecule has 1 aliphatic heterocycles. The van der Waals surface area contributed by atoms with Gasteiger partial charge in [0.2, 0.25) is 0 Å². The molecular weight excluding hydrogens is 346 g/mol. The number of pyridine rings is 1. The minimum atomic E-state index is -0.544. The summed E-state index contributed by atoms with van der Waals surface area (Å²) in [6.07, 6.45) is 1.69. The number of likely N-dealkylation sites (N-methyl/N-ethyl adjacent to an activating group) is 1. The zero-order chi connectivity index (χ0) is 19.2. The lowest BCUT2D eigenvalue weighted by Crippen LogP contribution is -2.42. The zero-order valence-corrected chi connectivity index (χ0v) is 15.7. The number of para-hydroxylation sites is 2. The molecule has 0 N–H and O–H groups in total. The molecule has 0 saturated carbocycles. The largest absolute Gasteiger partial charge is 0.483 e. The summed E-state index contributed by atoms with van der Waals surface area (Å²) < 4.78 is 34.7. The summed E-state index contributed by atoms with van der Waals surface area (Å²) in [4.78, 5) is 6.59. The van der Waals surface area contributed by atoms with Gasteiger partial charge in [0.15, 0.2) is 11.6 Å². The van der Waals surface area contributed by atoms with E-state index in [-0.39, 0.29) is 23.4 Å². The summed E-state index contributed by atoms with van der Waals surface area (Å²) in [6.45, 7) is 7.38. The highest BCUT2D eigenvalue weighted by atomic mass is 19.1. The van der Waals surface area contributed by atoms with Crippen molar-refractivity contribution in [2.45, 2.75) is 32.4 Å². The van der Waals surface area contributed by atoms with E-state index in [1.54, 1.807) is 18.3 Å². The minimum absolute atomic E-state index is 0.220. The van der Waals surface area contributed by atoms with Crippen LogP contribution in [0.25, 0.3) is 10.9 Å². The molecule has 0 aliphatic carbocycles. The highest BCUT2D eigenvalue weighted by Gasteiger charge is 2.36. The topological polar surface area (TPSA) is 25.4 Å². The van der Waals surface area contributed by atoms with E-state index >= 15 is 0 Å². The molecule has 0 saturated heterocycles. The quantitative estimate of drug-likeness (QED) is 0.630. The lowest BCUT2D eigenvalue weighted by molar-refractivity contribution is 0.0640. The van der Waals surface area contributed by atoms with E-state index in [0.29, 0.717) is 12.1 Å². The van der Waals surface area contributed by atoms with Gasteiger partial charge in [0.1, 0.15) is 16.9 Å². The van der Waals surface area contributed by atoms with Crippen molar-refractivity contribution >= 4 is 10.9 Å². The number of hydrogen-bond donors (Lipinski definition) is 0. The Hall–Kier alpha value is -2.53. The molecule has 0 bridgehead atoms. The van der Waals surface area contributed by atoms with Crippen LogP contribution in [0.2, 0.25) is 0 Å². The van der Waals surface area contributed by atoms with Crippen molar-refractivity contribution in [2.24, 2.45) is 0 Å². The second kappa shape index (κ2) is 6.57. The van der Waals surface area contributed by atoms with Gasteiger partial charge in [-0.25, -0.2) is 8.78 Å². The van der Waals surface area contributed by atoms with E-state index in [2.05, 4.69) is 16.8 Å². The smallest absolute Gasteiger partial charge is 0.165 e. The second-order valence-electron chi connectivity index (χ2n) is 7.57. The number of halogens is 2. The Labute approximate surface area is 157 Å². The monoisotopic (exact) mass is 368 g/mol. The van der Waals surface area contributed by atoms with Crippen molar-refractivity contribution in [1.29, 1.82) is 0 Å². The van der Waals surface area contributed by atoms with Crippen LogP contribution in [-0.2, 0) is 0 Å². The van der Waals surface area contributed by atoms with E-state index < -0.39 is 5.60 Å². The van der Waals surface area contributed by atoms with Crippen LogP contribution >= 0.6 is 0 Å².